The third-order valence-electron chi connectivity index (χ3n) is 4.15. The van der Waals surface area contributed by atoms with Crippen LogP contribution in [0.5, 0.6) is 0 Å². The smallest absolute Gasteiger partial charge is 0.416 e. The highest BCUT2D eigenvalue weighted by Crippen LogP contribution is 2.36. The van der Waals surface area contributed by atoms with Gasteiger partial charge in [0.25, 0.3) is 0 Å². The van der Waals surface area contributed by atoms with Gasteiger partial charge in [-0.3, -0.25) is 0 Å². The molecule has 0 aliphatic heterocycles. The summed E-state index contributed by atoms with van der Waals surface area (Å²) >= 11 is 2.76. The molecule has 4 nitrogen and oxygen atoms in total. The average Bonchev–Trinajstić information content (AvgIpc) is 3.11. The molecule has 0 saturated carbocycles. The van der Waals surface area contributed by atoms with E-state index in [0.29, 0.717) is 25.9 Å². The molecule has 1 aromatic heterocycles. The Morgan fingerprint density at radius 3 is 2.63 bits per heavy atom. The Kier molecular flexibility index (Phi) is 6.72. The minimum atomic E-state index is -4.40. The number of hydrogen-bond donors (Lipinski definition) is 0. The largest absolute Gasteiger partial charge is 0.465 e. The number of methoxy groups -OCH3 is 1. The second kappa shape index (κ2) is 9.09. The van der Waals surface area contributed by atoms with E-state index in [1.807, 2.05) is 38.4 Å². The molecule has 0 atom stereocenters. The first kappa shape index (κ1) is 22.2. The molecule has 158 valence electrons. The van der Waals surface area contributed by atoms with Gasteiger partial charge in [-0.15, -0.1) is 11.3 Å². The monoisotopic (exact) mass is 452 g/mol. The molecule has 0 spiro atoms. The molecule has 0 N–H and O–H groups in total. The van der Waals surface area contributed by atoms with Crippen molar-refractivity contribution in [3.8, 4) is 0 Å². The molecule has 2 aromatic carbocycles. The van der Waals surface area contributed by atoms with Gasteiger partial charge in [-0.05, 0) is 29.3 Å². The lowest BCUT2D eigenvalue weighted by atomic mass is 10.0. The number of carbonyl (C=O) groups is 1. The Bertz CT molecular complexity index is 1090. The van der Waals surface area contributed by atoms with E-state index < -0.39 is 17.7 Å². The molecular weight excluding hydrogens is 433 g/mol. The third-order valence-corrected chi connectivity index (χ3v) is 6.37. The second-order valence-electron chi connectivity index (χ2n) is 6.60. The summed E-state index contributed by atoms with van der Waals surface area (Å²) in [6, 6.07) is 11.0. The van der Waals surface area contributed by atoms with Gasteiger partial charge in [-0.2, -0.15) is 13.2 Å². The minimum Gasteiger partial charge on any atom is -0.465 e. The molecular formula is C21H19F3N2O2S2. The van der Waals surface area contributed by atoms with E-state index in [-0.39, 0.29) is 0 Å². The molecule has 1 heterocycles. The first-order valence-electron chi connectivity index (χ1n) is 8.84. The van der Waals surface area contributed by atoms with E-state index in [4.69, 9.17) is 4.74 Å². The fourth-order valence-electron chi connectivity index (χ4n) is 2.79. The third kappa shape index (κ3) is 5.14. The highest BCUT2D eigenvalue weighted by Gasteiger charge is 2.30. The van der Waals surface area contributed by atoms with Crippen LogP contribution in [-0.2, 0) is 21.5 Å². The molecule has 0 aliphatic carbocycles. The van der Waals surface area contributed by atoms with Crippen LogP contribution in [0.1, 0.15) is 16.7 Å². The molecule has 0 fully saturated rings. The maximum absolute atomic E-state index is 12.9. The van der Waals surface area contributed by atoms with Crippen LogP contribution in [0.3, 0.4) is 0 Å². The molecule has 0 bridgehead atoms. The van der Waals surface area contributed by atoms with Crippen molar-refractivity contribution in [2.75, 3.05) is 21.2 Å². The summed E-state index contributed by atoms with van der Waals surface area (Å²) in [5.41, 5.74) is 1.69. The quantitative estimate of drug-likeness (QED) is 0.273. The molecule has 3 aromatic rings. The molecule has 30 heavy (non-hydrogen) atoms. The number of thioether (sulfide) groups is 1. The minimum absolute atomic E-state index is 0.327. The molecule has 0 saturated heterocycles. The van der Waals surface area contributed by atoms with E-state index in [9.17, 15) is 18.0 Å². The summed E-state index contributed by atoms with van der Waals surface area (Å²) < 4.78 is 45.0. The van der Waals surface area contributed by atoms with Crippen molar-refractivity contribution < 1.29 is 22.7 Å². The number of hydrogen-bond acceptors (Lipinski definition) is 6. The van der Waals surface area contributed by atoms with Crippen molar-refractivity contribution in [1.29, 1.82) is 0 Å². The van der Waals surface area contributed by atoms with E-state index >= 15 is 0 Å². The number of fused-ring (bicyclic) bond motifs is 1. The van der Waals surface area contributed by atoms with Crippen molar-refractivity contribution >= 4 is 44.9 Å². The molecule has 0 unspecified atom stereocenters. The fraction of sp³-hybridized carbons (Fsp3) is 0.238. The summed E-state index contributed by atoms with van der Waals surface area (Å²) in [7, 11) is 4.97. The number of carbonyl (C=O) groups excluding carboxylic acids is 1. The van der Waals surface area contributed by atoms with Crippen molar-refractivity contribution in [3.63, 3.8) is 0 Å². The predicted octanol–water partition coefficient (Wildman–Crippen LogP) is 5.68. The van der Waals surface area contributed by atoms with Crippen LogP contribution in [0.25, 0.3) is 15.8 Å². The van der Waals surface area contributed by atoms with Gasteiger partial charge in [0.15, 0.2) is 4.34 Å². The van der Waals surface area contributed by atoms with Crippen molar-refractivity contribution in [2.45, 2.75) is 16.3 Å². The van der Waals surface area contributed by atoms with Gasteiger partial charge < -0.3 is 9.64 Å². The van der Waals surface area contributed by atoms with Crippen LogP contribution in [-0.4, -0.2) is 37.1 Å². The molecule has 0 radical (unpaired) electrons. The zero-order valence-corrected chi connectivity index (χ0v) is 18.1. The van der Waals surface area contributed by atoms with Gasteiger partial charge in [0.2, 0.25) is 0 Å². The Morgan fingerprint density at radius 1 is 1.23 bits per heavy atom. The number of halogens is 3. The van der Waals surface area contributed by atoms with Gasteiger partial charge in [0, 0.05) is 26.0 Å². The fourth-order valence-corrected chi connectivity index (χ4v) is 4.85. The number of rotatable bonds is 6. The van der Waals surface area contributed by atoms with E-state index in [0.717, 1.165) is 23.3 Å². The maximum Gasteiger partial charge on any atom is 0.416 e. The van der Waals surface area contributed by atoms with Gasteiger partial charge in [0.05, 0.1) is 28.5 Å². The number of benzene rings is 2. The summed E-state index contributed by atoms with van der Waals surface area (Å²) in [5, 5.41) is 0. The normalized spacial score (nSPS) is 12.3. The van der Waals surface area contributed by atoms with Gasteiger partial charge in [0.1, 0.15) is 0 Å². The van der Waals surface area contributed by atoms with Crippen LogP contribution in [0.2, 0.25) is 0 Å². The lowest BCUT2D eigenvalue weighted by molar-refractivity contribution is -0.137. The zero-order chi connectivity index (χ0) is 21.9. The predicted molar refractivity (Wildman–Crippen MR) is 114 cm³/mol. The summed E-state index contributed by atoms with van der Waals surface area (Å²) in [5.74, 6) is 0.0602. The number of nitrogens with zero attached hydrogens (tertiary/aromatic N) is 2. The average molecular weight is 453 g/mol. The summed E-state index contributed by atoms with van der Waals surface area (Å²) in [6.45, 7) is 0. The van der Waals surface area contributed by atoms with Crippen LogP contribution in [0.4, 0.5) is 13.2 Å². The number of alkyl halides is 3. The molecule has 0 amide bonds. The number of ether oxygens (including phenoxy) is 1. The van der Waals surface area contributed by atoms with Crippen molar-refractivity contribution in [2.24, 2.45) is 0 Å². The van der Waals surface area contributed by atoms with Gasteiger partial charge >= 0.3 is 12.1 Å². The topological polar surface area (TPSA) is 42.4 Å². The van der Waals surface area contributed by atoms with E-state index in [1.54, 1.807) is 11.1 Å². The van der Waals surface area contributed by atoms with Crippen LogP contribution in [0.15, 0.2) is 53.0 Å². The van der Waals surface area contributed by atoms with E-state index in [2.05, 4.69) is 4.98 Å². The van der Waals surface area contributed by atoms with Crippen molar-refractivity contribution in [1.82, 2.24) is 9.88 Å². The number of esters is 1. The SMILES string of the molecule is COC(=O)C(=CN(C)C)c1ccccc1CSc1nc2cc(C(F)(F)F)ccc2s1. The first-order chi connectivity index (χ1) is 14.2. The number of aromatic nitrogens is 1. The Labute approximate surface area is 180 Å². The lowest BCUT2D eigenvalue weighted by Gasteiger charge is -2.14. The molecule has 0 aliphatic rings. The maximum atomic E-state index is 12.9. The van der Waals surface area contributed by atoms with E-state index in [1.165, 1.54) is 36.3 Å². The second-order valence-corrected chi connectivity index (χ2v) is 8.86. The Morgan fingerprint density at radius 2 is 1.97 bits per heavy atom. The standard InChI is InChI=1S/C21H19F3N2O2S2/c1-26(2)11-16(19(27)28-3)15-7-5-4-6-13(15)12-29-20-25-17-10-14(21(22,23)24)8-9-18(17)30-20/h4-11H,12H2,1-3H3. The van der Waals surface area contributed by atoms with Crippen LogP contribution < -0.4 is 0 Å². The Balaban J connectivity index is 1.87. The van der Waals surface area contributed by atoms with Crippen LogP contribution in [0, 0.1) is 0 Å². The van der Waals surface area contributed by atoms with Gasteiger partial charge in [-0.1, -0.05) is 36.0 Å². The highest BCUT2D eigenvalue weighted by atomic mass is 32.2. The molecule has 3 rings (SSSR count). The van der Waals surface area contributed by atoms with Crippen molar-refractivity contribution in [3.05, 3.63) is 65.4 Å². The van der Waals surface area contributed by atoms with Crippen LogP contribution >= 0.6 is 23.1 Å². The molecule has 9 heteroatoms. The lowest BCUT2D eigenvalue weighted by Crippen LogP contribution is -2.11. The number of thiazole rings is 1. The zero-order valence-electron chi connectivity index (χ0n) is 16.5. The highest BCUT2D eigenvalue weighted by molar-refractivity contribution is 8.00. The summed E-state index contributed by atoms with van der Waals surface area (Å²) in [4.78, 5) is 18.4. The summed E-state index contributed by atoms with van der Waals surface area (Å²) in [6.07, 6.45) is -2.70. The Hall–Kier alpha value is -2.52. The first-order valence-corrected chi connectivity index (χ1v) is 10.6. The van der Waals surface area contributed by atoms with Gasteiger partial charge in [-0.25, -0.2) is 9.78 Å².